The van der Waals surface area contributed by atoms with Crippen LogP contribution in [0.3, 0.4) is 0 Å². The molecule has 0 aromatic carbocycles. The van der Waals surface area contributed by atoms with Crippen molar-refractivity contribution in [2.45, 2.75) is 13.3 Å². The van der Waals surface area contributed by atoms with Crippen LogP contribution in [0.25, 0.3) is 0 Å². The van der Waals surface area contributed by atoms with E-state index in [0.29, 0.717) is 5.75 Å². The minimum atomic E-state index is -0.385. The fourth-order valence-electron chi connectivity index (χ4n) is 0.275. The van der Waals surface area contributed by atoms with Crippen molar-refractivity contribution in [2.24, 2.45) is 0 Å². The summed E-state index contributed by atoms with van der Waals surface area (Å²) in [7, 11) is 0. The van der Waals surface area contributed by atoms with Gasteiger partial charge in [-0.2, -0.15) is 0 Å². The van der Waals surface area contributed by atoms with Gasteiger partial charge < -0.3 is 0 Å². The molecule has 0 bridgehead atoms. The Morgan fingerprint density at radius 3 is 2.44 bits per heavy atom. The third kappa shape index (κ3) is 7.98. The van der Waals surface area contributed by atoms with E-state index in [1.54, 1.807) is 0 Å². The highest BCUT2D eigenvalue weighted by Gasteiger charge is 1.97. The molecule has 0 amide bonds. The van der Waals surface area contributed by atoms with Crippen LogP contribution in [0, 0.1) is 0 Å². The molecule has 0 rings (SSSR count). The quantitative estimate of drug-likeness (QED) is 0.595. The normalized spacial score (nSPS) is 9.11. The van der Waals surface area contributed by atoms with Crippen molar-refractivity contribution in [1.29, 1.82) is 0 Å². The van der Waals surface area contributed by atoms with Crippen molar-refractivity contribution in [2.75, 3.05) is 5.75 Å². The van der Waals surface area contributed by atoms with Crippen molar-refractivity contribution < 1.29 is 9.59 Å². The Balaban J connectivity index is 3.10. The van der Waals surface area contributed by atoms with E-state index < -0.39 is 0 Å². The minimum absolute atomic E-state index is 0.0212. The van der Waals surface area contributed by atoms with Gasteiger partial charge in [-0.05, 0) is 11.6 Å². The molecule has 0 saturated carbocycles. The zero-order valence-corrected chi connectivity index (χ0v) is 6.59. The minimum Gasteiger partial charge on any atom is -0.288 e. The number of rotatable bonds is 3. The zero-order valence-electron chi connectivity index (χ0n) is 5.02. The molecule has 0 spiro atoms. The molecule has 0 heterocycles. The Morgan fingerprint density at radius 1 is 1.56 bits per heavy atom. The van der Waals surface area contributed by atoms with Crippen LogP contribution in [0.1, 0.15) is 13.3 Å². The number of halogens is 1. The van der Waals surface area contributed by atoms with Gasteiger partial charge in [0.2, 0.25) is 5.24 Å². The van der Waals surface area contributed by atoms with E-state index in [1.807, 2.05) is 0 Å². The second kappa shape index (κ2) is 4.82. The fraction of sp³-hybridized carbons (Fsp3) is 0.600. The largest absolute Gasteiger partial charge is 0.288 e. The standard InChI is InChI=1S/C5H7ClO2S/c1-4(7)9-3-2-5(6)8/h2-3H2,1H3. The number of hydrogen-bond acceptors (Lipinski definition) is 3. The highest BCUT2D eigenvalue weighted by atomic mass is 35.5. The SMILES string of the molecule is CC(=O)SCCC(=O)Cl. The van der Waals surface area contributed by atoms with Gasteiger partial charge in [-0.1, -0.05) is 11.8 Å². The van der Waals surface area contributed by atoms with Gasteiger partial charge in [-0.3, -0.25) is 9.59 Å². The Morgan fingerprint density at radius 2 is 2.11 bits per heavy atom. The van der Waals surface area contributed by atoms with E-state index in [9.17, 15) is 9.59 Å². The van der Waals surface area contributed by atoms with Crippen molar-refractivity contribution in [3.63, 3.8) is 0 Å². The molecule has 0 atom stereocenters. The molecule has 2 nitrogen and oxygen atoms in total. The van der Waals surface area contributed by atoms with E-state index in [-0.39, 0.29) is 16.8 Å². The monoisotopic (exact) mass is 166 g/mol. The van der Waals surface area contributed by atoms with Crippen LogP contribution in [-0.4, -0.2) is 16.1 Å². The molecule has 0 aliphatic carbocycles. The smallest absolute Gasteiger partial charge is 0.222 e. The highest BCUT2D eigenvalue weighted by molar-refractivity contribution is 8.13. The maximum atomic E-state index is 10.2. The van der Waals surface area contributed by atoms with Crippen LogP contribution >= 0.6 is 23.4 Å². The number of carbonyl (C=O) groups excluding carboxylic acids is 2. The summed E-state index contributed by atoms with van der Waals surface area (Å²) in [6.07, 6.45) is 0.270. The fourth-order valence-corrected chi connectivity index (χ4v) is 1.06. The third-order valence-corrected chi connectivity index (χ3v) is 1.61. The molecular formula is C5H7ClO2S. The van der Waals surface area contributed by atoms with Gasteiger partial charge in [0, 0.05) is 19.1 Å². The Kier molecular flexibility index (Phi) is 4.81. The van der Waals surface area contributed by atoms with Gasteiger partial charge >= 0.3 is 0 Å². The first-order valence-corrected chi connectivity index (χ1v) is 3.81. The molecule has 0 aliphatic heterocycles. The molecular weight excluding hydrogens is 160 g/mol. The highest BCUT2D eigenvalue weighted by Crippen LogP contribution is 2.04. The van der Waals surface area contributed by atoms with Crippen molar-refractivity contribution in [3.05, 3.63) is 0 Å². The van der Waals surface area contributed by atoms with Crippen LogP contribution in [0.4, 0.5) is 0 Å². The maximum Gasteiger partial charge on any atom is 0.222 e. The van der Waals surface area contributed by atoms with Gasteiger partial charge in [-0.25, -0.2) is 0 Å². The summed E-state index contributed by atoms with van der Waals surface area (Å²) in [4.78, 5) is 20.3. The van der Waals surface area contributed by atoms with Gasteiger partial charge in [0.15, 0.2) is 5.12 Å². The van der Waals surface area contributed by atoms with Crippen LogP contribution in [0.5, 0.6) is 0 Å². The number of hydrogen-bond donors (Lipinski definition) is 0. The summed E-state index contributed by atoms with van der Waals surface area (Å²) in [5.41, 5.74) is 0. The van der Waals surface area contributed by atoms with Crippen LogP contribution in [0.15, 0.2) is 0 Å². The van der Waals surface area contributed by atoms with Crippen LogP contribution in [-0.2, 0) is 9.59 Å². The molecule has 0 fully saturated rings. The lowest BCUT2D eigenvalue weighted by atomic mass is 10.6. The van der Waals surface area contributed by atoms with Crippen LogP contribution in [0.2, 0.25) is 0 Å². The van der Waals surface area contributed by atoms with E-state index in [4.69, 9.17) is 11.6 Å². The summed E-state index contributed by atoms with van der Waals surface area (Å²) in [5.74, 6) is 0.498. The summed E-state index contributed by atoms with van der Waals surface area (Å²) in [6.45, 7) is 1.46. The summed E-state index contributed by atoms with van der Waals surface area (Å²) in [6, 6.07) is 0. The lowest BCUT2D eigenvalue weighted by Crippen LogP contribution is -1.91. The molecule has 0 unspecified atom stereocenters. The Bertz CT molecular complexity index is 110. The van der Waals surface area contributed by atoms with Gasteiger partial charge in [0.25, 0.3) is 0 Å². The lowest BCUT2D eigenvalue weighted by molar-refractivity contribution is -0.111. The summed E-state index contributed by atoms with van der Waals surface area (Å²) in [5, 5.41) is -0.364. The van der Waals surface area contributed by atoms with Gasteiger partial charge in [0.1, 0.15) is 0 Å². The molecule has 0 aromatic heterocycles. The third-order valence-electron chi connectivity index (χ3n) is 0.604. The van der Waals surface area contributed by atoms with Crippen molar-refractivity contribution in [1.82, 2.24) is 0 Å². The average molecular weight is 167 g/mol. The molecule has 0 N–H and O–H groups in total. The maximum absolute atomic E-state index is 10.2. The summed E-state index contributed by atoms with van der Waals surface area (Å²) < 4.78 is 0. The molecule has 52 valence electrons. The first-order chi connectivity index (χ1) is 4.13. The van der Waals surface area contributed by atoms with E-state index in [1.165, 1.54) is 6.92 Å². The second-order valence-electron chi connectivity index (χ2n) is 1.45. The molecule has 0 saturated heterocycles. The molecule has 4 heteroatoms. The van der Waals surface area contributed by atoms with Gasteiger partial charge in [0.05, 0.1) is 0 Å². The predicted molar refractivity (Wildman–Crippen MR) is 38.6 cm³/mol. The predicted octanol–water partition coefficient (Wildman–Crippen LogP) is 1.42. The molecule has 0 aliphatic rings. The van der Waals surface area contributed by atoms with Crippen molar-refractivity contribution in [3.8, 4) is 0 Å². The average Bonchev–Trinajstić information content (AvgIpc) is 1.63. The first kappa shape index (κ1) is 8.98. The number of thioether (sulfide) groups is 1. The molecule has 0 radical (unpaired) electrons. The van der Waals surface area contributed by atoms with Crippen LogP contribution < -0.4 is 0 Å². The zero-order chi connectivity index (χ0) is 7.28. The second-order valence-corrected chi connectivity index (χ2v) is 3.14. The topological polar surface area (TPSA) is 34.1 Å². The first-order valence-electron chi connectivity index (χ1n) is 2.44. The molecule has 9 heavy (non-hydrogen) atoms. The Labute approximate surface area is 62.9 Å². The summed E-state index contributed by atoms with van der Waals surface area (Å²) >= 11 is 6.11. The van der Waals surface area contributed by atoms with E-state index >= 15 is 0 Å². The lowest BCUT2D eigenvalue weighted by Gasteiger charge is -1.89. The Hall–Kier alpha value is -0.0200. The van der Waals surface area contributed by atoms with Crippen molar-refractivity contribution >= 4 is 33.7 Å². The number of carbonyl (C=O) groups is 2. The molecule has 0 aromatic rings. The van der Waals surface area contributed by atoms with E-state index in [2.05, 4.69) is 0 Å². The van der Waals surface area contributed by atoms with Gasteiger partial charge in [-0.15, -0.1) is 0 Å². The van der Waals surface area contributed by atoms with E-state index in [0.717, 1.165) is 11.8 Å².